The molecule has 3 N–H and O–H groups in total. The molecular weight excluding hydrogens is 437 g/mol. The van der Waals surface area contributed by atoms with Crippen molar-refractivity contribution >= 4 is 22.6 Å². The van der Waals surface area contributed by atoms with Crippen LogP contribution in [0.15, 0.2) is 41.5 Å². The second-order valence-corrected chi connectivity index (χ2v) is 8.36. The number of β-amino-alcohol motifs (C(OH)–C–C–N with tert-alkyl or cyclic N) is 1. The fourth-order valence-corrected chi connectivity index (χ4v) is 4.27. The Morgan fingerprint density at radius 3 is 2.81 bits per heavy atom. The van der Waals surface area contributed by atoms with Gasteiger partial charge < -0.3 is 20.1 Å². The number of rotatable bonds is 7. The number of aromatic nitrogens is 3. The average molecular weight is 462 g/mol. The van der Waals surface area contributed by atoms with Crippen LogP contribution in [0.4, 0.5) is 4.39 Å². The molecule has 3 aromatic heterocycles. The minimum Gasteiger partial charge on any atom is -0.390 e. The van der Waals surface area contributed by atoms with Crippen LogP contribution in [0.1, 0.15) is 17.7 Å². The van der Waals surface area contributed by atoms with E-state index in [0.717, 1.165) is 24.7 Å². The number of aliphatic hydroxyl groups excluding tert-OH is 2. The van der Waals surface area contributed by atoms with Crippen molar-refractivity contribution in [3.05, 3.63) is 69.1 Å². The zero-order chi connectivity index (χ0) is 22.7. The summed E-state index contributed by atoms with van der Waals surface area (Å²) in [5.74, 6) is -0.485. The predicted molar refractivity (Wildman–Crippen MR) is 119 cm³/mol. The highest BCUT2D eigenvalue weighted by atomic mass is 35.5. The SMILES string of the molecule is O=c1ccc2ncc(F)cc2n1CCN1CC[C@H](NCc2cnc(CO)c(Cl)c2)[C@H](O)C1. The van der Waals surface area contributed by atoms with E-state index in [1.807, 2.05) is 0 Å². The fraction of sp³-hybridized carbons (Fsp3) is 0.409. The second kappa shape index (κ2) is 10.0. The number of hydrogen-bond acceptors (Lipinski definition) is 7. The highest BCUT2D eigenvalue weighted by Crippen LogP contribution is 2.17. The Morgan fingerprint density at radius 1 is 1.22 bits per heavy atom. The maximum absolute atomic E-state index is 13.6. The molecule has 1 aliphatic rings. The van der Waals surface area contributed by atoms with Crippen LogP contribution in [0.5, 0.6) is 0 Å². The number of aliphatic hydroxyl groups is 2. The van der Waals surface area contributed by atoms with Crippen molar-refractivity contribution in [2.45, 2.75) is 38.3 Å². The molecule has 0 unspecified atom stereocenters. The minimum absolute atomic E-state index is 0.0823. The Labute approximate surface area is 189 Å². The minimum atomic E-state index is -0.577. The van der Waals surface area contributed by atoms with Crippen molar-refractivity contribution in [3.63, 3.8) is 0 Å². The number of piperidine rings is 1. The molecule has 4 rings (SSSR count). The van der Waals surface area contributed by atoms with Gasteiger partial charge in [0.05, 0.1) is 40.7 Å². The van der Waals surface area contributed by atoms with Gasteiger partial charge in [-0.3, -0.25) is 19.7 Å². The first-order valence-corrected chi connectivity index (χ1v) is 10.9. The first-order chi connectivity index (χ1) is 15.4. The van der Waals surface area contributed by atoms with E-state index in [0.29, 0.717) is 47.9 Å². The molecular formula is C22H25ClFN5O3. The van der Waals surface area contributed by atoms with Gasteiger partial charge in [-0.15, -0.1) is 0 Å². The Kier molecular flexibility index (Phi) is 7.12. The third kappa shape index (κ3) is 5.13. The average Bonchev–Trinajstić information content (AvgIpc) is 2.78. The molecule has 0 aliphatic carbocycles. The van der Waals surface area contributed by atoms with E-state index in [1.54, 1.807) is 18.3 Å². The Hall–Kier alpha value is -2.43. The van der Waals surface area contributed by atoms with E-state index in [2.05, 4.69) is 20.2 Å². The molecule has 4 heterocycles. The smallest absolute Gasteiger partial charge is 0.251 e. The molecule has 1 saturated heterocycles. The standard InChI is InChI=1S/C22H25ClFN5O3/c23-16-7-14(10-26-19(16)13-30)9-25-18-3-4-28(12-21(18)31)5-6-29-20-8-15(24)11-27-17(20)1-2-22(29)32/h1-2,7-8,10-11,18,21,25,30-31H,3-6,9,12-13H2/t18-,21+/m0/s1. The topological polar surface area (TPSA) is 104 Å². The van der Waals surface area contributed by atoms with E-state index < -0.39 is 11.9 Å². The molecule has 0 bridgehead atoms. The first-order valence-electron chi connectivity index (χ1n) is 10.5. The summed E-state index contributed by atoms with van der Waals surface area (Å²) < 4.78 is 15.2. The largest absolute Gasteiger partial charge is 0.390 e. The highest BCUT2D eigenvalue weighted by molar-refractivity contribution is 6.31. The molecule has 1 fully saturated rings. The van der Waals surface area contributed by atoms with E-state index >= 15 is 0 Å². The van der Waals surface area contributed by atoms with E-state index in [4.69, 9.17) is 16.7 Å². The lowest BCUT2D eigenvalue weighted by Crippen LogP contribution is -2.53. The summed E-state index contributed by atoms with van der Waals surface area (Å²) in [4.78, 5) is 22.6. The lowest BCUT2D eigenvalue weighted by Gasteiger charge is -2.36. The van der Waals surface area contributed by atoms with Crippen LogP contribution in [-0.4, -0.2) is 61.4 Å². The molecule has 0 aromatic carbocycles. The van der Waals surface area contributed by atoms with E-state index in [-0.39, 0.29) is 18.2 Å². The molecule has 0 saturated carbocycles. The first kappa shape index (κ1) is 22.8. The van der Waals surface area contributed by atoms with Gasteiger partial charge in [-0.2, -0.15) is 0 Å². The zero-order valence-electron chi connectivity index (χ0n) is 17.4. The summed E-state index contributed by atoms with van der Waals surface area (Å²) in [6.07, 6.45) is 2.95. The third-order valence-electron chi connectivity index (χ3n) is 5.80. The van der Waals surface area contributed by atoms with Crippen LogP contribution in [-0.2, 0) is 19.7 Å². The Bertz CT molecular complexity index is 1160. The molecule has 0 spiro atoms. The number of nitrogens with one attached hydrogen (secondary N) is 1. The van der Waals surface area contributed by atoms with Gasteiger partial charge in [0.25, 0.3) is 5.56 Å². The van der Waals surface area contributed by atoms with Crippen LogP contribution in [0, 0.1) is 5.82 Å². The Morgan fingerprint density at radius 2 is 2.06 bits per heavy atom. The second-order valence-electron chi connectivity index (χ2n) is 7.96. The summed E-state index contributed by atoms with van der Waals surface area (Å²) in [6, 6.07) is 6.03. The van der Waals surface area contributed by atoms with Gasteiger partial charge in [0.1, 0.15) is 5.82 Å². The molecule has 3 aromatic rings. The highest BCUT2D eigenvalue weighted by Gasteiger charge is 2.27. The number of fused-ring (bicyclic) bond motifs is 1. The number of halogens is 2. The molecule has 0 amide bonds. The summed E-state index contributed by atoms with van der Waals surface area (Å²) in [5, 5.41) is 23.5. The van der Waals surface area contributed by atoms with Gasteiger partial charge in [-0.25, -0.2) is 4.39 Å². The van der Waals surface area contributed by atoms with E-state index in [9.17, 15) is 14.3 Å². The number of likely N-dealkylation sites (tertiary alicyclic amines) is 1. The van der Waals surface area contributed by atoms with Gasteiger partial charge in [-0.05, 0) is 30.7 Å². The summed E-state index contributed by atoms with van der Waals surface area (Å²) in [7, 11) is 0. The van der Waals surface area contributed by atoms with Crippen LogP contribution in [0.25, 0.3) is 11.0 Å². The lowest BCUT2D eigenvalue weighted by atomic mass is 10.0. The van der Waals surface area contributed by atoms with Crippen molar-refractivity contribution in [2.75, 3.05) is 19.6 Å². The van der Waals surface area contributed by atoms with Crippen LogP contribution >= 0.6 is 11.6 Å². The van der Waals surface area contributed by atoms with Crippen molar-refractivity contribution < 1.29 is 14.6 Å². The lowest BCUT2D eigenvalue weighted by molar-refractivity contribution is 0.0385. The van der Waals surface area contributed by atoms with E-state index in [1.165, 1.54) is 16.7 Å². The van der Waals surface area contributed by atoms with Crippen molar-refractivity contribution in [3.8, 4) is 0 Å². The zero-order valence-corrected chi connectivity index (χ0v) is 18.2. The van der Waals surface area contributed by atoms with Gasteiger partial charge >= 0.3 is 0 Å². The van der Waals surface area contributed by atoms with Gasteiger partial charge in [0.2, 0.25) is 0 Å². The summed E-state index contributed by atoms with van der Waals surface area (Å²) in [6.45, 7) is 2.45. The quantitative estimate of drug-likeness (QED) is 0.487. The molecule has 170 valence electrons. The maximum Gasteiger partial charge on any atom is 0.251 e. The molecule has 0 radical (unpaired) electrons. The number of pyridine rings is 3. The van der Waals surface area contributed by atoms with Crippen molar-refractivity contribution in [1.29, 1.82) is 0 Å². The third-order valence-corrected chi connectivity index (χ3v) is 6.13. The van der Waals surface area contributed by atoms with Crippen LogP contribution < -0.4 is 10.9 Å². The molecule has 32 heavy (non-hydrogen) atoms. The molecule has 8 nitrogen and oxygen atoms in total. The van der Waals surface area contributed by atoms with Gasteiger partial charge in [0, 0.05) is 50.6 Å². The predicted octanol–water partition coefficient (Wildman–Crippen LogP) is 1.30. The summed E-state index contributed by atoms with van der Waals surface area (Å²) >= 11 is 6.08. The molecule has 2 atom stereocenters. The van der Waals surface area contributed by atoms with Crippen molar-refractivity contribution in [2.24, 2.45) is 0 Å². The fourth-order valence-electron chi connectivity index (χ4n) is 4.02. The number of nitrogens with zero attached hydrogens (tertiary/aromatic N) is 4. The summed E-state index contributed by atoms with van der Waals surface area (Å²) in [5.41, 5.74) is 2.14. The van der Waals surface area contributed by atoms with Gasteiger partial charge in [-0.1, -0.05) is 11.6 Å². The molecule has 1 aliphatic heterocycles. The maximum atomic E-state index is 13.6. The van der Waals surface area contributed by atoms with Crippen LogP contribution in [0.2, 0.25) is 5.02 Å². The number of hydrogen-bond donors (Lipinski definition) is 3. The normalized spacial score (nSPS) is 19.5. The van der Waals surface area contributed by atoms with Crippen LogP contribution in [0.3, 0.4) is 0 Å². The monoisotopic (exact) mass is 461 g/mol. The van der Waals surface area contributed by atoms with Crippen molar-refractivity contribution in [1.82, 2.24) is 24.8 Å². The van der Waals surface area contributed by atoms with Gasteiger partial charge in [0.15, 0.2) is 0 Å². The Balaban J connectivity index is 1.33. The molecule has 10 heteroatoms.